The standard InChI is InChI=1S/C24H16N2O10/c25-21(31)11-5-7-13(27)17(15(11)23(33)34)19(29)9-1-2-10(4-3-9)20(30)18-14(28)8-6-12(22(26)32)16(18)24(35)36/h1-8,27-28H,(H2,25,31)(H2,26,32)(H,33,34)(H,35,36). The summed E-state index contributed by atoms with van der Waals surface area (Å²) in [5, 5.41) is 39.3. The van der Waals surface area contributed by atoms with E-state index in [1.807, 2.05) is 0 Å². The van der Waals surface area contributed by atoms with Crippen molar-refractivity contribution in [3.63, 3.8) is 0 Å². The minimum Gasteiger partial charge on any atom is -0.507 e. The summed E-state index contributed by atoms with van der Waals surface area (Å²) in [5.74, 6) is -9.18. The van der Waals surface area contributed by atoms with Crippen molar-refractivity contribution < 1.29 is 49.2 Å². The number of aromatic hydroxyl groups is 2. The van der Waals surface area contributed by atoms with Gasteiger partial charge in [-0.25, -0.2) is 9.59 Å². The van der Waals surface area contributed by atoms with Crippen molar-refractivity contribution in [3.8, 4) is 11.5 Å². The Morgan fingerprint density at radius 3 is 1.06 bits per heavy atom. The maximum atomic E-state index is 13.0. The molecule has 0 aliphatic heterocycles. The minimum atomic E-state index is -1.69. The third kappa shape index (κ3) is 4.33. The van der Waals surface area contributed by atoms with Crippen molar-refractivity contribution in [2.24, 2.45) is 11.5 Å². The SMILES string of the molecule is NC(=O)c1ccc(O)c(C(=O)c2ccc(C(=O)c3c(O)ccc(C(N)=O)c3C(=O)O)cc2)c1C(=O)O. The summed E-state index contributed by atoms with van der Waals surface area (Å²) in [6.45, 7) is 0. The lowest BCUT2D eigenvalue weighted by atomic mass is 9.91. The van der Waals surface area contributed by atoms with E-state index in [0.717, 1.165) is 48.5 Å². The van der Waals surface area contributed by atoms with Gasteiger partial charge in [-0.1, -0.05) is 24.3 Å². The van der Waals surface area contributed by atoms with E-state index in [4.69, 9.17) is 11.5 Å². The lowest BCUT2D eigenvalue weighted by molar-refractivity contribution is 0.0680. The summed E-state index contributed by atoms with van der Waals surface area (Å²) in [6.07, 6.45) is 0. The molecule has 0 heterocycles. The fourth-order valence-electron chi connectivity index (χ4n) is 3.56. The van der Waals surface area contributed by atoms with Crippen LogP contribution in [0.5, 0.6) is 11.5 Å². The van der Waals surface area contributed by atoms with Crippen molar-refractivity contribution in [3.05, 3.63) is 93.0 Å². The number of carbonyl (C=O) groups is 6. The summed E-state index contributed by atoms with van der Waals surface area (Å²) in [4.78, 5) is 72.6. The summed E-state index contributed by atoms with van der Waals surface area (Å²) < 4.78 is 0. The van der Waals surface area contributed by atoms with Gasteiger partial charge in [-0.15, -0.1) is 0 Å². The van der Waals surface area contributed by atoms with Gasteiger partial charge in [0.1, 0.15) is 11.5 Å². The van der Waals surface area contributed by atoms with Gasteiger partial charge >= 0.3 is 11.9 Å². The number of carbonyl (C=O) groups excluding carboxylic acids is 4. The van der Waals surface area contributed by atoms with E-state index in [1.54, 1.807) is 0 Å². The topological polar surface area (TPSA) is 235 Å². The first-order valence-corrected chi connectivity index (χ1v) is 9.84. The number of carboxylic acid groups (broad SMARTS) is 2. The molecule has 0 fully saturated rings. The molecule has 182 valence electrons. The third-order valence-electron chi connectivity index (χ3n) is 5.19. The molecule has 0 aliphatic carbocycles. The second-order valence-corrected chi connectivity index (χ2v) is 7.34. The van der Waals surface area contributed by atoms with E-state index in [9.17, 15) is 49.2 Å². The highest BCUT2D eigenvalue weighted by Crippen LogP contribution is 2.30. The highest BCUT2D eigenvalue weighted by molar-refractivity contribution is 6.21. The van der Waals surface area contributed by atoms with Gasteiger partial charge < -0.3 is 31.9 Å². The van der Waals surface area contributed by atoms with E-state index >= 15 is 0 Å². The number of phenolic OH excluding ortho intramolecular Hbond substituents is 2. The zero-order valence-electron chi connectivity index (χ0n) is 18.0. The molecule has 3 rings (SSSR count). The molecule has 0 saturated heterocycles. The van der Waals surface area contributed by atoms with Crippen LogP contribution in [0.4, 0.5) is 0 Å². The quantitative estimate of drug-likeness (QED) is 0.245. The molecule has 0 bridgehead atoms. The number of rotatable bonds is 8. The normalized spacial score (nSPS) is 10.4. The zero-order valence-corrected chi connectivity index (χ0v) is 18.0. The third-order valence-corrected chi connectivity index (χ3v) is 5.19. The second kappa shape index (κ2) is 9.38. The fourth-order valence-corrected chi connectivity index (χ4v) is 3.56. The van der Waals surface area contributed by atoms with Crippen molar-refractivity contribution in [1.82, 2.24) is 0 Å². The number of hydrogen-bond donors (Lipinski definition) is 6. The molecule has 2 amide bonds. The minimum absolute atomic E-state index is 0.209. The highest BCUT2D eigenvalue weighted by Gasteiger charge is 2.29. The molecule has 0 spiro atoms. The van der Waals surface area contributed by atoms with Crippen molar-refractivity contribution in [2.75, 3.05) is 0 Å². The Balaban J connectivity index is 2.10. The molecule has 0 radical (unpaired) electrons. The Kier molecular flexibility index (Phi) is 6.54. The second-order valence-electron chi connectivity index (χ2n) is 7.34. The summed E-state index contributed by atoms with van der Waals surface area (Å²) >= 11 is 0. The number of aromatic carboxylic acids is 2. The van der Waals surface area contributed by atoms with E-state index in [1.165, 1.54) is 0 Å². The predicted molar refractivity (Wildman–Crippen MR) is 120 cm³/mol. The first-order chi connectivity index (χ1) is 16.9. The maximum absolute atomic E-state index is 13.0. The first-order valence-electron chi connectivity index (χ1n) is 9.84. The van der Waals surface area contributed by atoms with Crippen LogP contribution >= 0.6 is 0 Å². The molecule has 0 unspecified atom stereocenters. The van der Waals surface area contributed by atoms with Gasteiger partial charge in [0.25, 0.3) is 0 Å². The predicted octanol–water partition coefficient (Wildman–Crippen LogP) is 1.15. The molecule has 0 aromatic heterocycles. The van der Waals surface area contributed by atoms with Crippen molar-refractivity contribution in [2.45, 2.75) is 0 Å². The van der Waals surface area contributed by atoms with Crippen LogP contribution in [0.15, 0.2) is 48.5 Å². The van der Waals surface area contributed by atoms with E-state index in [2.05, 4.69) is 0 Å². The maximum Gasteiger partial charge on any atom is 0.337 e. The van der Waals surface area contributed by atoms with Crippen LogP contribution in [0.1, 0.15) is 73.3 Å². The summed E-state index contributed by atoms with van der Waals surface area (Å²) in [7, 11) is 0. The number of hydrogen-bond acceptors (Lipinski definition) is 8. The van der Waals surface area contributed by atoms with E-state index in [0.29, 0.717) is 0 Å². The Hall–Kier alpha value is -5.52. The lowest BCUT2D eigenvalue weighted by Crippen LogP contribution is -2.20. The van der Waals surface area contributed by atoms with Crippen LogP contribution in [-0.4, -0.2) is 55.7 Å². The molecular weight excluding hydrogens is 476 g/mol. The molecule has 12 heteroatoms. The van der Waals surface area contributed by atoms with E-state index in [-0.39, 0.29) is 11.1 Å². The monoisotopic (exact) mass is 492 g/mol. The van der Waals surface area contributed by atoms with Crippen LogP contribution in [0.2, 0.25) is 0 Å². The Labute approximate surface area is 201 Å². The Bertz CT molecular complexity index is 1380. The molecule has 0 aliphatic rings. The van der Waals surface area contributed by atoms with Gasteiger partial charge in [-0.2, -0.15) is 0 Å². The molecule has 3 aromatic rings. The van der Waals surface area contributed by atoms with Crippen LogP contribution in [0.3, 0.4) is 0 Å². The number of primary amides is 2. The number of nitrogens with two attached hydrogens (primary N) is 2. The summed E-state index contributed by atoms with van der Waals surface area (Å²) in [6, 6.07) is 8.07. The van der Waals surface area contributed by atoms with Crippen molar-refractivity contribution >= 4 is 35.3 Å². The zero-order chi connectivity index (χ0) is 26.9. The first kappa shape index (κ1) is 25.1. The van der Waals surface area contributed by atoms with Crippen LogP contribution in [0, 0.1) is 0 Å². The number of ketones is 2. The highest BCUT2D eigenvalue weighted by atomic mass is 16.4. The van der Waals surface area contributed by atoms with Crippen LogP contribution in [0.25, 0.3) is 0 Å². The van der Waals surface area contributed by atoms with Gasteiger partial charge in [0.05, 0.1) is 33.4 Å². The fraction of sp³-hybridized carbons (Fsp3) is 0. The number of carboxylic acids is 2. The summed E-state index contributed by atoms with van der Waals surface area (Å²) in [5.41, 5.74) is 5.85. The largest absolute Gasteiger partial charge is 0.507 e. The molecule has 8 N–H and O–H groups in total. The van der Waals surface area contributed by atoms with Gasteiger partial charge in [-0.3, -0.25) is 19.2 Å². The molecule has 0 saturated carbocycles. The average molecular weight is 492 g/mol. The van der Waals surface area contributed by atoms with Gasteiger partial charge in [-0.05, 0) is 24.3 Å². The number of amides is 2. The molecule has 36 heavy (non-hydrogen) atoms. The average Bonchev–Trinajstić information content (AvgIpc) is 2.82. The van der Waals surface area contributed by atoms with Crippen LogP contribution in [-0.2, 0) is 0 Å². The number of phenols is 2. The van der Waals surface area contributed by atoms with Gasteiger partial charge in [0, 0.05) is 11.1 Å². The van der Waals surface area contributed by atoms with Crippen LogP contribution < -0.4 is 11.5 Å². The molecular formula is C24H16N2O10. The van der Waals surface area contributed by atoms with Gasteiger partial charge in [0.2, 0.25) is 11.8 Å². The molecule has 3 aromatic carbocycles. The lowest BCUT2D eigenvalue weighted by Gasteiger charge is -2.12. The van der Waals surface area contributed by atoms with E-state index < -0.39 is 80.2 Å². The molecule has 12 nitrogen and oxygen atoms in total. The van der Waals surface area contributed by atoms with Crippen molar-refractivity contribution in [1.29, 1.82) is 0 Å². The molecule has 0 atom stereocenters. The Morgan fingerprint density at radius 2 is 0.806 bits per heavy atom. The number of benzene rings is 3. The Morgan fingerprint density at radius 1 is 0.500 bits per heavy atom. The van der Waals surface area contributed by atoms with Gasteiger partial charge in [0.15, 0.2) is 11.6 Å². The smallest absolute Gasteiger partial charge is 0.337 e.